The number of nitrogens with one attached hydrogen (secondary N) is 1. The maximum Gasteiger partial charge on any atom is 0.317 e. The molecule has 4 heteroatoms. The second kappa shape index (κ2) is 6.74. The predicted octanol–water partition coefficient (Wildman–Crippen LogP) is 1.70. The molecule has 1 fully saturated rings. The summed E-state index contributed by atoms with van der Waals surface area (Å²) < 4.78 is 0. The van der Waals surface area contributed by atoms with Crippen molar-refractivity contribution in [3.05, 3.63) is 0 Å². The highest BCUT2D eigenvalue weighted by Gasteiger charge is 2.24. The van der Waals surface area contributed by atoms with E-state index in [-0.39, 0.29) is 12.1 Å². The van der Waals surface area contributed by atoms with Gasteiger partial charge >= 0.3 is 6.03 Å². The van der Waals surface area contributed by atoms with Crippen LogP contribution in [-0.4, -0.2) is 36.1 Å². The molecule has 1 saturated carbocycles. The summed E-state index contributed by atoms with van der Waals surface area (Å²) in [7, 11) is 0. The molecule has 0 heterocycles. The SMILES string of the molecule is CC(C)NC(=O)N(CCN)C1CCCCC1. The number of urea groups is 1. The summed E-state index contributed by atoms with van der Waals surface area (Å²) in [4.78, 5) is 13.9. The van der Waals surface area contributed by atoms with Crippen LogP contribution in [0.1, 0.15) is 46.0 Å². The predicted molar refractivity (Wildman–Crippen MR) is 66.3 cm³/mol. The van der Waals surface area contributed by atoms with Crippen molar-refractivity contribution in [2.24, 2.45) is 5.73 Å². The molecule has 1 aliphatic carbocycles. The maximum absolute atomic E-state index is 12.0. The molecule has 0 atom stereocenters. The maximum atomic E-state index is 12.0. The molecule has 0 aromatic heterocycles. The molecule has 0 unspecified atom stereocenters. The molecule has 4 nitrogen and oxygen atoms in total. The van der Waals surface area contributed by atoms with Crippen LogP contribution in [0, 0.1) is 0 Å². The summed E-state index contributed by atoms with van der Waals surface area (Å²) >= 11 is 0. The fraction of sp³-hybridized carbons (Fsp3) is 0.917. The van der Waals surface area contributed by atoms with Gasteiger partial charge in [-0.25, -0.2) is 4.79 Å². The van der Waals surface area contributed by atoms with E-state index in [1.54, 1.807) is 0 Å². The second-order valence-corrected chi connectivity index (χ2v) is 4.88. The molecule has 3 N–H and O–H groups in total. The van der Waals surface area contributed by atoms with Gasteiger partial charge in [-0.15, -0.1) is 0 Å². The zero-order valence-electron chi connectivity index (χ0n) is 10.5. The third-order valence-electron chi connectivity index (χ3n) is 3.06. The van der Waals surface area contributed by atoms with E-state index in [4.69, 9.17) is 5.73 Å². The Hall–Kier alpha value is -0.770. The molecular formula is C12H25N3O. The first-order valence-corrected chi connectivity index (χ1v) is 6.42. The highest BCUT2D eigenvalue weighted by atomic mass is 16.2. The number of carbonyl (C=O) groups is 1. The van der Waals surface area contributed by atoms with Gasteiger partial charge in [0.1, 0.15) is 0 Å². The van der Waals surface area contributed by atoms with E-state index in [9.17, 15) is 4.79 Å². The zero-order valence-corrected chi connectivity index (χ0v) is 10.5. The summed E-state index contributed by atoms with van der Waals surface area (Å²) in [5.41, 5.74) is 5.58. The van der Waals surface area contributed by atoms with Crippen LogP contribution < -0.4 is 11.1 Å². The minimum absolute atomic E-state index is 0.0485. The topological polar surface area (TPSA) is 58.4 Å². The average molecular weight is 227 g/mol. The quantitative estimate of drug-likeness (QED) is 0.768. The van der Waals surface area contributed by atoms with Crippen LogP contribution in [0.4, 0.5) is 4.79 Å². The van der Waals surface area contributed by atoms with Crippen LogP contribution in [0.3, 0.4) is 0 Å². The molecule has 16 heavy (non-hydrogen) atoms. The molecule has 0 spiro atoms. The van der Waals surface area contributed by atoms with Crippen LogP contribution in [0.15, 0.2) is 0 Å². The highest BCUT2D eigenvalue weighted by Crippen LogP contribution is 2.22. The number of hydrogen-bond acceptors (Lipinski definition) is 2. The molecule has 0 bridgehead atoms. The van der Waals surface area contributed by atoms with Gasteiger partial charge in [0, 0.05) is 25.2 Å². The van der Waals surface area contributed by atoms with Crippen molar-refractivity contribution < 1.29 is 4.79 Å². The largest absolute Gasteiger partial charge is 0.336 e. The number of amides is 2. The van der Waals surface area contributed by atoms with Gasteiger partial charge in [-0.05, 0) is 26.7 Å². The van der Waals surface area contributed by atoms with E-state index in [1.807, 2.05) is 18.7 Å². The lowest BCUT2D eigenvalue weighted by atomic mass is 9.94. The molecule has 1 aliphatic rings. The molecular weight excluding hydrogens is 202 g/mol. The van der Waals surface area contributed by atoms with Crippen molar-refractivity contribution in [1.82, 2.24) is 10.2 Å². The van der Waals surface area contributed by atoms with E-state index < -0.39 is 0 Å². The minimum atomic E-state index is 0.0485. The summed E-state index contributed by atoms with van der Waals surface area (Å²) in [6.45, 7) is 5.18. The Morgan fingerprint density at radius 3 is 2.50 bits per heavy atom. The molecule has 1 rings (SSSR count). The van der Waals surface area contributed by atoms with Gasteiger partial charge in [-0.3, -0.25) is 0 Å². The lowest BCUT2D eigenvalue weighted by Crippen LogP contribution is -2.50. The Morgan fingerprint density at radius 1 is 1.38 bits per heavy atom. The fourth-order valence-electron chi connectivity index (χ4n) is 2.31. The molecule has 94 valence electrons. The van der Waals surface area contributed by atoms with E-state index in [2.05, 4.69) is 5.32 Å². The Labute approximate surface area is 98.6 Å². The first-order chi connectivity index (χ1) is 7.65. The molecule has 0 radical (unpaired) electrons. The molecule has 2 amide bonds. The third kappa shape index (κ3) is 4.00. The van der Waals surface area contributed by atoms with Crippen LogP contribution in [0.25, 0.3) is 0 Å². The van der Waals surface area contributed by atoms with Gasteiger partial charge in [-0.1, -0.05) is 19.3 Å². The van der Waals surface area contributed by atoms with Gasteiger partial charge in [0.2, 0.25) is 0 Å². The highest BCUT2D eigenvalue weighted by molar-refractivity contribution is 5.74. The summed E-state index contributed by atoms with van der Waals surface area (Å²) in [5.74, 6) is 0. The van der Waals surface area contributed by atoms with Gasteiger partial charge in [-0.2, -0.15) is 0 Å². The van der Waals surface area contributed by atoms with Gasteiger partial charge in [0.15, 0.2) is 0 Å². The van der Waals surface area contributed by atoms with E-state index >= 15 is 0 Å². The third-order valence-corrected chi connectivity index (χ3v) is 3.06. The van der Waals surface area contributed by atoms with Crippen LogP contribution in [-0.2, 0) is 0 Å². The number of nitrogens with zero attached hydrogens (tertiary/aromatic N) is 1. The van der Waals surface area contributed by atoms with Crippen molar-refractivity contribution in [3.63, 3.8) is 0 Å². The van der Waals surface area contributed by atoms with Crippen LogP contribution >= 0.6 is 0 Å². The first-order valence-electron chi connectivity index (χ1n) is 6.42. The summed E-state index contributed by atoms with van der Waals surface area (Å²) in [6, 6.07) is 0.639. The Bertz CT molecular complexity index is 212. The normalized spacial score (nSPS) is 17.5. The average Bonchev–Trinajstić information content (AvgIpc) is 2.26. The standard InChI is InChI=1S/C12H25N3O/c1-10(2)14-12(16)15(9-8-13)11-6-4-3-5-7-11/h10-11H,3-9,13H2,1-2H3,(H,14,16). The first kappa shape index (κ1) is 13.3. The molecule has 0 aliphatic heterocycles. The lowest BCUT2D eigenvalue weighted by Gasteiger charge is -2.34. The Morgan fingerprint density at radius 2 is 2.00 bits per heavy atom. The monoisotopic (exact) mass is 227 g/mol. The van der Waals surface area contributed by atoms with E-state index in [1.165, 1.54) is 19.3 Å². The summed E-state index contributed by atoms with van der Waals surface area (Å²) in [6.07, 6.45) is 6.04. The summed E-state index contributed by atoms with van der Waals surface area (Å²) in [5, 5.41) is 2.96. The number of rotatable bonds is 4. The van der Waals surface area contributed by atoms with E-state index in [0.717, 1.165) is 12.8 Å². The number of hydrogen-bond donors (Lipinski definition) is 2. The van der Waals surface area contributed by atoms with E-state index in [0.29, 0.717) is 19.1 Å². The van der Waals surface area contributed by atoms with Crippen molar-refractivity contribution in [1.29, 1.82) is 0 Å². The van der Waals surface area contributed by atoms with Gasteiger partial charge in [0.25, 0.3) is 0 Å². The van der Waals surface area contributed by atoms with Crippen LogP contribution in [0.5, 0.6) is 0 Å². The van der Waals surface area contributed by atoms with Crippen molar-refractivity contribution in [3.8, 4) is 0 Å². The minimum Gasteiger partial charge on any atom is -0.336 e. The number of nitrogens with two attached hydrogens (primary N) is 1. The zero-order chi connectivity index (χ0) is 12.0. The fourth-order valence-corrected chi connectivity index (χ4v) is 2.31. The lowest BCUT2D eigenvalue weighted by molar-refractivity contribution is 0.156. The molecule has 0 aromatic carbocycles. The molecule has 0 aromatic rings. The Kier molecular flexibility index (Phi) is 5.60. The smallest absolute Gasteiger partial charge is 0.317 e. The van der Waals surface area contributed by atoms with Crippen LogP contribution in [0.2, 0.25) is 0 Å². The Balaban J connectivity index is 2.53. The van der Waals surface area contributed by atoms with Crippen molar-refractivity contribution >= 4 is 6.03 Å². The van der Waals surface area contributed by atoms with Crippen molar-refractivity contribution in [2.45, 2.75) is 58.0 Å². The van der Waals surface area contributed by atoms with Crippen molar-refractivity contribution in [2.75, 3.05) is 13.1 Å². The van der Waals surface area contributed by atoms with Gasteiger partial charge in [0.05, 0.1) is 0 Å². The van der Waals surface area contributed by atoms with Gasteiger partial charge < -0.3 is 16.0 Å². The number of carbonyl (C=O) groups excluding carboxylic acids is 1. The molecule has 0 saturated heterocycles. The second-order valence-electron chi connectivity index (χ2n) is 4.88.